The van der Waals surface area contributed by atoms with E-state index in [1.165, 1.54) is 68.2 Å². The van der Waals surface area contributed by atoms with Gasteiger partial charge in [-0.3, -0.25) is 0 Å². The first-order valence-electron chi connectivity index (χ1n) is 19.0. The molecule has 0 atom stereocenters. The van der Waals surface area contributed by atoms with Crippen LogP contribution in [-0.4, -0.2) is 15.0 Å². The van der Waals surface area contributed by atoms with Crippen LogP contribution in [0.4, 0.5) is 0 Å². The third-order valence-corrected chi connectivity index (χ3v) is 13.2. The molecule has 0 amide bonds. The van der Waals surface area contributed by atoms with Crippen LogP contribution >= 0.6 is 22.7 Å². The molecule has 3 nitrogen and oxygen atoms in total. The molecule has 5 heteroatoms. The molecule has 10 aromatic rings. The fourth-order valence-electron chi connectivity index (χ4n) is 8.07. The van der Waals surface area contributed by atoms with Gasteiger partial charge < -0.3 is 0 Å². The number of allylic oxidation sites excluding steroid dienone is 4. The summed E-state index contributed by atoms with van der Waals surface area (Å²) in [6.45, 7) is 0. The lowest BCUT2D eigenvalue weighted by atomic mass is 9.89. The molecule has 1 aliphatic carbocycles. The standard InChI is InChI=1S/C51H33N3S2/c1-3-11-32(12-4-1)33-21-23-34(24-22-33)37-25-28-46-43(31-37)48-41(18-10-20-47(48)56-46)51-53-49(35-13-5-2-6-14-35)52-50(54-51)39-16-9-15-36(29-39)38-26-27-45-42(30-38)40-17-7-8-19-44(40)55-45/h1-21,23,25-31H,22,24H2. The first-order valence-corrected chi connectivity index (χ1v) is 20.6. The molecule has 0 radical (unpaired) electrons. The number of aromatic nitrogens is 3. The van der Waals surface area contributed by atoms with Gasteiger partial charge in [0.1, 0.15) is 0 Å². The van der Waals surface area contributed by atoms with Crippen molar-refractivity contribution in [2.45, 2.75) is 12.8 Å². The smallest absolute Gasteiger partial charge is 0.164 e. The minimum atomic E-state index is 0.656. The van der Waals surface area contributed by atoms with Crippen molar-refractivity contribution in [2.75, 3.05) is 0 Å². The molecule has 1 aliphatic rings. The van der Waals surface area contributed by atoms with Gasteiger partial charge in [0.05, 0.1) is 0 Å². The summed E-state index contributed by atoms with van der Waals surface area (Å²) < 4.78 is 5.09. The van der Waals surface area contributed by atoms with Crippen molar-refractivity contribution in [1.82, 2.24) is 15.0 Å². The second kappa shape index (κ2) is 13.6. The lowest BCUT2D eigenvalue weighted by Gasteiger charge is -2.15. The van der Waals surface area contributed by atoms with Crippen LogP contribution in [0.15, 0.2) is 176 Å². The maximum Gasteiger partial charge on any atom is 0.164 e. The zero-order chi connectivity index (χ0) is 37.0. The fraction of sp³-hybridized carbons (Fsp3) is 0.0392. The summed E-state index contributed by atoms with van der Waals surface area (Å²) in [5.41, 5.74) is 10.6. The second-order valence-corrected chi connectivity index (χ2v) is 16.5. The van der Waals surface area contributed by atoms with Gasteiger partial charge in [0, 0.05) is 57.0 Å². The Morgan fingerprint density at radius 1 is 0.339 bits per heavy atom. The van der Waals surface area contributed by atoms with Crippen molar-refractivity contribution < 1.29 is 0 Å². The van der Waals surface area contributed by atoms with Crippen molar-refractivity contribution in [3.8, 4) is 45.3 Å². The van der Waals surface area contributed by atoms with Crippen LogP contribution in [0, 0.1) is 0 Å². The molecule has 264 valence electrons. The minimum absolute atomic E-state index is 0.656. The number of benzene rings is 7. The zero-order valence-corrected chi connectivity index (χ0v) is 31.9. The summed E-state index contributed by atoms with van der Waals surface area (Å²) in [6, 6.07) is 58.5. The van der Waals surface area contributed by atoms with Crippen molar-refractivity contribution in [1.29, 1.82) is 0 Å². The summed E-state index contributed by atoms with van der Waals surface area (Å²) in [5, 5.41) is 5.01. The largest absolute Gasteiger partial charge is 0.208 e. The van der Waals surface area contributed by atoms with E-state index in [9.17, 15) is 0 Å². The summed E-state index contributed by atoms with van der Waals surface area (Å²) in [4.78, 5) is 15.6. The summed E-state index contributed by atoms with van der Waals surface area (Å²) in [6.07, 6.45) is 6.64. The second-order valence-electron chi connectivity index (χ2n) is 14.3. The van der Waals surface area contributed by atoms with Crippen molar-refractivity contribution in [3.63, 3.8) is 0 Å². The molecule has 0 fully saturated rings. The Balaban J connectivity index is 1.04. The van der Waals surface area contributed by atoms with Gasteiger partial charge in [0.2, 0.25) is 0 Å². The molecule has 11 rings (SSSR count). The van der Waals surface area contributed by atoms with E-state index in [1.807, 2.05) is 40.9 Å². The quantitative estimate of drug-likeness (QED) is 0.170. The Labute approximate surface area is 332 Å². The predicted octanol–water partition coefficient (Wildman–Crippen LogP) is 14.5. The maximum atomic E-state index is 5.27. The number of rotatable bonds is 6. The van der Waals surface area contributed by atoms with Crippen LogP contribution in [0.5, 0.6) is 0 Å². The molecular weight excluding hydrogens is 719 g/mol. The third kappa shape index (κ3) is 5.84. The normalized spacial score (nSPS) is 13.1. The van der Waals surface area contributed by atoms with Crippen LogP contribution in [0.25, 0.3) is 96.8 Å². The van der Waals surface area contributed by atoms with Crippen molar-refractivity contribution >= 4 is 74.2 Å². The molecule has 56 heavy (non-hydrogen) atoms. The molecule has 0 unspecified atom stereocenters. The average molecular weight is 752 g/mol. The highest BCUT2D eigenvalue weighted by molar-refractivity contribution is 7.26. The van der Waals surface area contributed by atoms with Gasteiger partial charge in [-0.25, -0.2) is 15.0 Å². The van der Waals surface area contributed by atoms with Crippen LogP contribution in [-0.2, 0) is 0 Å². The molecule has 7 aromatic carbocycles. The third-order valence-electron chi connectivity index (χ3n) is 10.9. The highest BCUT2D eigenvalue weighted by Gasteiger charge is 2.19. The van der Waals surface area contributed by atoms with Crippen LogP contribution in [0.2, 0.25) is 0 Å². The van der Waals surface area contributed by atoms with Crippen molar-refractivity contribution in [3.05, 3.63) is 187 Å². The molecule has 0 aliphatic heterocycles. The Morgan fingerprint density at radius 3 is 1.68 bits per heavy atom. The van der Waals surface area contributed by atoms with Crippen LogP contribution in [0.3, 0.4) is 0 Å². The van der Waals surface area contributed by atoms with Gasteiger partial charge in [-0.05, 0) is 88.7 Å². The molecule has 0 bridgehead atoms. The Bertz CT molecular complexity index is 3190. The van der Waals surface area contributed by atoms with Gasteiger partial charge in [0.25, 0.3) is 0 Å². The Morgan fingerprint density at radius 2 is 0.875 bits per heavy atom. The van der Waals surface area contributed by atoms with E-state index in [2.05, 4.69) is 158 Å². The fourth-order valence-corrected chi connectivity index (χ4v) is 10.3. The molecule has 0 spiro atoms. The van der Waals surface area contributed by atoms with E-state index in [4.69, 9.17) is 15.0 Å². The lowest BCUT2D eigenvalue weighted by Crippen LogP contribution is -2.00. The number of hydrogen-bond acceptors (Lipinski definition) is 5. The Kier molecular flexibility index (Phi) is 8.01. The highest BCUT2D eigenvalue weighted by Crippen LogP contribution is 2.42. The number of hydrogen-bond donors (Lipinski definition) is 0. The van der Waals surface area contributed by atoms with E-state index in [0.29, 0.717) is 17.5 Å². The lowest BCUT2D eigenvalue weighted by molar-refractivity contribution is 1.07. The number of thiophene rings is 2. The summed E-state index contributed by atoms with van der Waals surface area (Å²) >= 11 is 3.67. The zero-order valence-electron chi connectivity index (χ0n) is 30.3. The summed E-state index contributed by atoms with van der Waals surface area (Å²) in [5.74, 6) is 1.99. The van der Waals surface area contributed by atoms with Gasteiger partial charge in [-0.15, -0.1) is 22.7 Å². The monoisotopic (exact) mass is 751 g/mol. The summed E-state index contributed by atoms with van der Waals surface area (Å²) in [7, 11) is 0. The van der Waals surface area contributed by atoms with E-state index < -0.39 is 0 Å². The Hall–Kier alpha value is -6.53. The van der Waals surface area contributed by atoms with E-state index >= 15 is 0 Å². The molecule has 3 heterocycles. The molecule has 0 N–H and O–H groups in total. The molecular formula is C51H33N3S2. The minimum Gasteiger partial charge on any atom is -0.208 e. The van der Waals surface area contributed by atoms with Gasteiger partial charge in [-0.1, -0.05) is 133 Å². The first kappa shape index (κ1) is 32.9. The van der Waals surface area contributed by atoms with Gasteiger partial charge in [-0.2, -0.15) is 0 Å². The van der Waals surface area contributed by atoms with Crippen molar-refractivity contribution in [2.24, 2.45) is 0 Å². The number of nitrogens with zero attached hydrogens (tertiary/aromatic N) is 3. The molecule has 0 saturated carbocycles. The molecule has 3 aromatic heterocycles. The number of fused-ring (bicyclic) bond motifs is 6. The first-order chi connectivity index (χ1) is 27.7. The molecule has 0 saturated heterocycles. The van der Waals surface area contributed by atoms with Gasteiger partial charge >= 0.3 is 0 Å². The van der Waals surface area contributed by atoms with Gasteiger partial charge in [0.15, 0.2) is 17.5 Å². The predicted molar refractivity (Wildman–Crippen MR) is 239 cm³/mol. The maximum absolute atomic E-state index is 5.27. The SMILES string of the molecule is C1=C(c2ccccc2)CCC(c2ccc3sc4cccc(-c5nc(-c6ccccc6)nc(-c6cccc(-c7ccc8sc9ccccc9c8c7)c6)n5)c4c3c2)=C1. The van der Waals surface area contributed by atoms with Crippen LogP contribution < -0.4 is 0 Å². The topological polar surface area (TPSA) is 38.7 Å². The highest BCUT2D eigenvalue weighted by atomic mass is 32.1. The average Bonchev–Trinajstić information content (AvgIpc) is 3.85. The van der Waals surface area contributed by atoms with E-state index in [0.717, 1.165) is 35.1 Å². The van der Waals surface area contributed by atoms with E-state index in [-0.39, 0.29) is 0 Å². The van der Waals surface area contributed by atoms with E-state index in [1.54, 1.807) is 0 Å². The van der Waals surface area contributed by atoms with Crippen LogP contribution in [0.1, 0.15) is 24.0 Å².